The fourth-order valence-corrected chi connectivity index (χ4v) is 2.47. The van der Waals surface area contributed by atoms with Gasteiger partial charge in [-0.05, 0) is 44.5 Å². The standard InChI is InChI=1S/C15H21FN2O2/c1-11-8-12(10-20-11)15(19)18(7-3-6-17)14-5-2-4-13(16)9-14/h2,4-5,9,11-12H,3,6-8,10,17H2,1H3. The van der Waals surface area contributed by atoms with Gasteiger partial charge < -0.3 is 15.4 Å². The van der Waals surface area contributed by atoms with Gasteiger partial charge in [0.15, 0.2) is 0 Å². The Morgan fingerprint density at radius 2 is 2.35 bits per heavy atom. The number of amides is 1. The van der Waals surface area contributed by atoms with Crippen molar-refractivity contribution in [2.24, 2.45) is 11.7 Å². The Bertz CT molecular complexity index is 467. The summed E-state index contributed by atoms with van der Waals surface area (Å²) in [4.78, 5) is 14.2. The lowest BCUT2D eigenvalue weighted by molar-refractivity contribution is -0.122. The van der Waals surface area contributed by atoms with Crippen LogP contribution in [0.15, 0.2) is 24.3 Å². The summed E-state index contributed by atoms with van der Waals surface area (Å²) in [6.45, 7) is 3.40. The number of anilines is 1. The molecule has 1 amide bonds. The van der Waals surface area contributed by atoms with E-state index in [1.807, 2.05) is 6.92 Å². The highest BCUT2D eigenvalue weighted by molar-refractivity contribution is 5.95. The first-order valence-electron chi connectivity index (χ1n) is 7.00. The summed E-state index contributed by atoms with van der Waals surface area (Å²) in [6.07, 6.45) is 1.51. The van der Waals surface area contributed by atoms with Gasteiger partial charge >= 0.3 is 0 Å². The van der Waals surface area contributed by atoms with E-state index in [0.717, 1.165) is 0 Å². The highest BCUT2D eigenvalue weighted by Gasteiger charge is 2.32. The van der Waals surface area contributed by atoms with Gasteiger partial charge in [-0.15, -0.1) is 0 Å². The van der Waals surface area contributed by atoms with E-state index < -0.39 is 0 Å². The lowest BCUT2D eigenvalue weighted by Gasteiger charge is -2.25. The lowest BCUT2D eigenvalue weighted by atomic mass is 10.0. The summed E-state index contributed by atoms with van der Waals surface area (Å²) in [5, 5.41) is 0. The number of rotatable bonds is 5. The zero-order valence-electron chi connectivity index (χ0n) is 11.7. The number of nitrogens with two attached hydrogens (primary N) is 1. The van der Waals surface area contributed by atoms with Crippen LogP contribution in [0.4, 0.5) is 10.1 Å². The Hall–Kier alpha value is -1.46. The Morgan fingerprint density at radius 3 is 2.95 bits per heavy atom. The molecular formula is C15H21FN2O2. The molecule has 1 aromatic rings. The topological polar surface area (TPSA) is 55.6 Å². The average Bonchev–Trinajstić information content (AvgIpc) is 2.86. The maximum Gasteiger partial charge on any atom is 0.232 e. The third-order valence-corrected chi connectivity index (χ3v) is 3.52. The van der Waals surface area contributed by atoms with Crippen LogP contribution in [0.2, 0.25) is 0 Å². The molecule has 0 saturated carbocycles. The van der Waals surface area contributed by atoms with Crippen LogP contribution < -0.4 is 10.6 Å². The van der Waals surface area contributed by atoms with Crippen molar-refractivity contribution >= 4 is 11.6 Å². The van der Waals surface area contributed by atoms with Crippen LogP contribution in [-0.4, -0.2) is 31.7 Å². The van der Waals surface area contributed by atoms with Gasteiger partial charge in [-0.3, -0.25) is 4.79 Å². The number of halogens is 1. The number of hydrogen-bond acceptors (Lipinski definition) is 3. The van der Waals surface area contributed by atoms with Gasteiger partial charge in [0.2, 0.25) is 5.91 Å². The number of hydrogen-bond donors (Lipinski definition) is 1. The first kappa shape index (κ1) is 14.9. The number of ether oxygens (including phenoxy) is 1. The minimum Gasteiger partial charge on any atom is -0.378 e. The fraction of sp³-hybridized carbons (Fsp3) is 0.533. The van der Waals surface area contributed by atoms with E-state index >= 15 is 0 Å². The Kier molecular flexibility index (Phi) is 5.09. The molecule has 1 heterocycles. The molecule has 20 heavy (non-hydrogen) atoms. The molecular weight excluding hydrogens is 259 g/mol. The van der Waals surface area contributed by atoms with E-state index in [-0.39, 0.29) is 23.7 Å². The normalized spacial score (nSPS) is 21.9. The van der Waals surface area contributed by atoms with Crippen LogP contribution in [0.5, 0.6) is 0 Å². The second kappa shape index (κ2) is 6.81. The molecule has 1 saturated heterocycles. The summed E-state index contributed by atoms with van der Waals surface area (Å²) in [5.74, 6) is -0.497. The molecule has 2 unspecified atom stereocenters. The molecule has 2 rings (SSSR count). The van der Waals surface area contributed by atoms with E-state index in [2.05, 4.69) is 0 Å². The average molecular weight is 280 g/mol. The highest BCUT2D eigenvalue weighted by atomic mass is 19.1. The second-order valence-electron chi connectivity index (χ2n) is 5.19. The van der Waals surface area contributed by atoms with Crippen molar-refractivity contribution in [2.75, 3.05) is 24.6 Å². The number of carbonyl (C=O) groups excluding carboxylic acids is 1. The minimum absolute atomic E-state index is 0.00611. The van der Waals surface area contributed by atoms with E-state index in [9.17, 15) is 9.18 Å². The van der Waals surface area contributed by atoms with Crippen LogP contribution in [0, 0.1) is 11.7 Å². The summed E-state index contributed by atoms with van der Waals surface area (Å²) in [6, 6.07) is 6.11. The lowest BCUT2D eigenvalue weighted by Crippen LogP contribution is -2.38. The van der Waals surface area contributed by atoms with Crippen LogP contribution in [0.1, 0.15) is 19.8 Å². The molecule has 1 aromatic carbocycles. The quantitative estimate of drug-likeness (QED) is 0.896. The van der Waals surface area contributed by atoms with Crippen molar-refractivity contribution < 1.29 is 13.9 Å². The molecule has 0 aromatic heterocycles. The Balaban J connectivity index is 2.16. The zero-order chi connectivity index (χ0) is 14.5. The second-order valence-corrected chi connectivity index (χ2v) is 5.19. The molecule has 2 N–H and O–H groups in total. The van der Waals surface area contributed by atoms with E-state index in [1.165, 1.54) is 12.1 Å². The van der Waals surface area contributed by atoms with Crippen molar-refractivity contribution in [2.45, 2.75) is 25.9 Å². The molecule has 0 radical (unpaired) electrons. The van der Waals surface area contributed by atoms with Crippen molar-refractivity contribution in [3.63, 3.8) is 0 Å². The summed E-state index contributed by atoms with van der Waals surface area (Å²) in [5.41, 5.74) is 6.11. The number of carbonyl (C=O) groups is 1. The monoisotopic (exact) mass is 280 g/mol. The molecule has 5 heteroatoms. The van der Waals surface area contributed by atoms with Crippen molar-refractivity contribution in [1.82, 2.24) is 0 Å². The molecule has 0 aliphatic carbocycles. The van der Waals surface area contributed by atoms with Crippen molar-refractivity contribution in [3.05, 3.63) is 30.1 Å². The Labute approximate surface area is 118 Å². The fourth-order valence-electron chi connectivity index (χ4n) is 2.47. The largest absolute Gasteiger partial charge is 0.378 e. The molecule has 1 aliphatic heterocycles. The van der Waals surface area contributed by atoms with E-state index in [0.29, 0.717) is 38.2 Å². The maximum absolute atomic E-state index is 13.4. The highest BCUT2D eigenvalue weighted by Crippen LogP contribution is 2.25. The maximum atomic E-state index is 13.4. The Morgan fingerprint density at radius 1 is 1.55 bits per heavy atom. The van der Waals surface area contributed by atoms with Crippen LogP contribution >= 0.6 is 0 Å². The van der Waals surface area contributed by atoms with E-state index in [4.69, 9.17) is 10.5 Å². The van der Waals surface area contributed by atoms with Gasteiger partial charge in [-0.2, -0.15) is 0 Å². The van der Waals surface area contributed by atoms with Crippen LogP contribution in [0.25, 0.3) is 0 Å². The van der Waals surface area contributed by atoms with E-state index in [1.54, 1.807) is 17.0 Å². The molecule has 1 fully saturated rings. The molecule has 110 valence electrons. The summed E-state index contributed by atoms with van der Waals surface area (Å²) in [7, 11) is 0. The van der Waals surface area contributed by atoms with Crippen molar-refractivity contribution in [3.8, 4) is 0 Å². The third kappa shape index (κ3) is 3.55. The molecule has 4 nitrogen and oxygen atoms in total. The smallest absolute Gasteiger partial charge is 0.232 e. The third-order valence-electron chi connectivity index (χ3n) is 3.52. The van der Waals surface area contributed by atoms with Gasteiger partial charge in [0, 0.05) is 12.2 Å². The van der Waals surface area contributed by atoms with Crippen LogP contribution in [0.3, 0.4) is 0 Å². The predicted molar refractivity (Wildman–Crippen MR) is 75.9 cm³/mol. The van der Waals surface area contributed by atoms with Gasteiger partial charge in [-0.25, -0.2) is 4.39 Å². The minimum atomic E-state index is -0.343. The van der Waals surface area contributed by atoms with Crippen molar-refractivity contribution in [1.29, 1.82) is 0 Å². The SMILES string of the molecule is CC1CC(C(=O)N(CCCN)c2cccc(F)c2)CO1. The number of nitrogens with zero attached hydrogens (tertiary/aromatic N) is 1. The number of benzene rings is 1. The molecule has 0 bridgehead atoms. The summed E-state index contributed by atoms with van der Waals surface area (Å²) >= 11 is 0. The van der Waals surface area contributed by atoms with Gasteiger partial charge in [0.05, 0.1) is 18.6 Å². The predicted octanol–water partition coefficient (Wildman–Crippen LogP) is 1.93. The first-order valence-corrected chi connectivity index (χ1v) is 7.00. The van der Waals surface area contributed by atoms with Gasteiger partial charge in [-0.1, -0.05) is 6.07 Å². The van der Waals surface area contributed by atoms with Gasteiger partial charge in [0.25, 0.3) is 0 Å². The molecule has 1 aliphatic rings. The van der Waals surface area contributed by atoms with Gasteiger partial charge in [0.1, 0.15) is 5.82 Å². The first-order chi connectivity index (χ1) is 9.61. The molecule has 2 atom stereocenters. The summed E-state index contributed by atoms with van der Waals surface area (Å²) < 4.78 is 18.8. The molecule has 0 spiro atoms. The van der Waals surface area contributed by atoms with Crippen LogP contribution in [-0.2, 0) is 9.53 Å². The zero-order valence-corrected chi connectivity index (χ0v) is 11.7.